The van der Waals surface area contributed by atoms with Gasteiger partial charge in [-0.05, 0) is 72.8 Å². The van der Waals surface area contributed by atoms with Crippen LogP contribution >= 0.6 is 0 Å². The Kier molecular flexibility index (Phi) is 6.60. The van der Waals surface area contributed by atoms with Crippen LogP contribution in [0.4, 0.5) is 4.39 Å². The highest BCUT2D eigenvalue weighted by molar-refractivity contribution is 5.95. The summed E-state index contributed by atoms with van der Waals surface area (Å²) >= 11 is 0. The summed E-state index contributed by atoms with van der Waals surface area (Å²) in [5.41, 5.74) is 7.48. The maximum atomic E-state index is 14.3. The van der Waals surface area contributed by atoms with E-state index in [1.54, 1.807) is 12.3 Å². The van der Waals surface area contributed by atoms with Crippen LogP contribution in [0.1, 0.15) is 31.2 Å². The number of aromatic nitrogens is 7. The van der Waals surface area contributed by atoms with E-state index >= 15 is 0 Å². The molecule has 0 spiro atoms. The van der Waals surface area contributed by atoms with E-state index in [9.17, 15) is 4.39 Å². The molecule has 1 fully saturated rings. The maximum absolute atomic E-state index is 14.3. The Hall–Kier alpha value is -4.70. The Morgan fingerprint density at radius 3 is 2.80 bits per heavy atom. The molecule has 5 heterocycles. The minimum absolute atomic E-state index is 0.387. The summed E-state index contributed by atoms with van der Waals surface area (Å²) in [5.74, 6) is 1.35. The SMILES string of the molecule is COc1cc(F)cc(-c2ccnc3nc(-c4n[nH]c5ccc(-c6cncc(CNCC7CCCC7)c6)nc45)[nH]c23)c1. The highest BCUT2D eigenvalue weighted by atomic mass is 19.1. The number of rotatable bonds is 8. The van der Waals surface area contributed by atoms with Crippen molar-refractivity contribution in [2.75, 3.05) is 13.7 Å². The summed E-state index contributed by atoms with van der Waals surface area (Å²) < 4.78 is 19.5. The number of pyridine rings is 3. The third-order valence-electron chi connectivity index (χ3n) is 7.77. The second kappa shape index (κ2) is 10.7. The van der Waals surface area contributed by atoms with Crippen LogP contribution in [0.3, 0.4) is 0 Å². The molecule has 0 unspecified atom stereocenters. The number of ether oxygens (including phenoxy) is 1. The predicted octanol–water partition coefficient (Wildman–Crippen LogP) is 6.05. The van der Waals surface area contributed by atoms with Gasteiger partial charge in [-0.3, -0.25) is 10.1 Å². The summed E-state index contributed by atoms with van der Waals surface area (Å²) in [6, 6.07) is 12.5. The molecule has 6 aromatic rings. The predicted molar refractivity (Wildman–Crippen MR) is 156 cm³/mol. The second-order valence-electron chi connectivity index (χ2n) is 10.6. The van der Waals surface area contributed by atoms with Gasteiger partial charge in [-0.15, -0.1) is 0 Å². The number of halogens is 1. The van der Waals surface area contributed by atoms with E-state index in [0.29, 0.717) is 39.5 Å². The van der Waals surface area contributed by atoms with Gasteiger partial charge in [-0.1, -0.05) is 12.8 Å². The van der Waals surface area contributed by atoms with Crippen molar-refractivity contribution in [3.8, 4) is 39.7 Å². The zero-order valence-electron chi connectivity index (χ0n) is 22.6. The van der Waals surface area contributed by atoms with Crippen LogP contribution in [-0.2, 0) is 6.54 Å². The van der Waals surface area contributed by atoms with Crippen LogP contribution in [-0.4, -0.2) is 48.8 Å². The van der Waals surface area contributed by atoms with Gasteiger partial charge >= 0.3 is 0 Å². The fraction of sp³-hybridized carbons (Fsp3) is 0.258. The van der Waals surface area contributed by atoms with E-state index in [1.807, 2.05) is 30.6 Å². The minimum Gasteiger partial charge on any atom is -0.497 e. The van der Waals surface area contributed by atoms with E-state index in [4.69, 9.17) is 14.7 Å². The summed E-state index contributed by atoms with van der Waals surface area (Å²) in [5, 5.41) is 11.2. The lowest BCUT2D eigenvalue weighted by Gasteiger charge is -2.11. The normalized spacial score (nSPS) is 13.9. The number of imidazole rings is 1. The zero-order valence-corrected chi connectivity index (χ0v) is 22.6. The molecule has 41 heavy (non-hydrogen) atoms. The van der Waals surface area contributed by atoms with Crippen LogP contribution < -0.4 is 10.1 Å². The Labute approximate surface area is 235 Å². The number of aromatic amines is 2. The number of H-pyrrole nitrogens is 2. The largest absolute Gasteiger partial charge is 0.497 e. The van der Waals surface area contributed by atoms with Crippen molar-refractivity contribution in [3.05, 3.63) is 72.4 Å². The first-order valence-corrected chi connectivity index (χ1v) is 13.8. The van der Waals surface area contributed by atoms with Crippen LogP contribution in [0.5, 0.6) is 5.75 Å². The first-order valence-electron chi connectivity index (χ1n) is 13.8. The number of hydrogen-bond acceptors (Lipinski definition) is 7. The highest BCUT2D eigenvalue weighted by Crippen LogP contribution is 2.33. The highest BCUT2D eigenvalue weighted by Gasteiger charge is 2.18. The molecule has 206 valence electrons. The quantitative estimate of drug-likeness (QED) is 0.212. The smallest absolute Gasteiger partial charge is 0.178 e. The van der Waals surface area contributed by atoms with E-state index in [0.717, 1.165) is 46.9 Å². The molecule has 9 nitrogen and oxygen atoms in total. The van der Waals surface area contributed by atoms with Crippen molar-refractivity contribution in [3.63, 3.8) is 0 Å². The first-order chi connectivity index (χ1) is 20.1. The number of nitrogens with zero attached hydrogens (tertiary/aromatic N) is 5. The molecule has 1 aromatic carbocycles. The third-order valence-corrected chi connectivity index (χ3v) is 7.77. The van der Waals surface area contributed by atoms with Gasteiger partial charge < -0.3 is 15.0 Å². The fourth-order valence-corrected chi connectivity index (χ4v) is 5.68. The molecule has 1 aliphatic rings. The molecule has 1 aliphatic carbocycles. The molecule has 10 heteroatoms. The summed E-state index contributed by atoms with van der Waals surface area (Å²) in [4.78, 5) is 21.9. The van der Waals surface area contributed by atoms with Crippen molar-refractivity contribution in [1.29, 1.82) is 0 Å². The fourth-order valence-electron chi connectivity index (χ4n) is 5.68. The summed E-state index contributed by atoms with van der Waals surface area (Å²) in [6.45, 7) is 1.83. The van der Waals surface area contributed by atoms with Gasteiger partial charge in [0.2, 0.25) is 0 Å². The van der Waals surface area contributed by atoms with E-state index in [1.165, 1.54) is 44.9 Å². The van der Waals surface area contributed by atoms with E-state index in [-0.39, 0.29) is 5.82 Å². The Morgan fingerprint density at radius 1 is 1.02 bits per heavy atom. The van der Waals surface area contributed by atoms with Crippen LogP contribution in [0.25, 0.3) is 56.1 Å². The topological polar surface area (TPSA) is 117 Å². The minimum atomic E-state index is -0.387. The lowest BCUT2D eigenvalue weighted by atomic mass is 10.1. The number of methoxy groups -OCH3 is 1. The van der Waals surface area contributed by atoms with Gasteiger partial charge in [0.05, 0.1) is 23.8 Å². The van der Waals surface area contributed by atoms with Crippen molar-refractivity contribution in [1.82, 2.24) is 40.4 Å². The van der Waals surface area contributed by atoms with E-state index < -0.39 is 0 Å². The first kappa shape index (κ1) is 25.3. The second-order valence-corrected chi connectivity index (χ2v) is 10.6. The molecule has 0 amide bonds. The molecule has 3 N–H and O–H groups in total. The maximum Gasteiger partial charge on any atom is 0.178 e. The molecular weight excluding hydrogens is 519 g/mol. The Bertz CT molecular complexity index is 1860. The number of fused-ring (bicyclic) bond motifs is 2. The zero-order chi connectivity index (χ0) is 27.8. The Morgan fingerprint density at radius 2 is 1.93 bits per heavy atom. The molecular formula is C31H29FN8O. The van der Waals surface area contributed by atoms with Crippen LogP contribution in [0.2, 0.25) is 0 Å². The summed E-state index contributed by atoms with van der Waals surface area (Å²) in [7, 11) is 1.51. The van der Waals surface area contributed by atoms with Crippen LogP contribution in [0.15, 0.2) is 61.1 Å². The lowest BCUT2D eigenvalue weighted by molar-refractivity contribution is 0.411. The third kappa shape index (κ3) is 5.02. The molecule has 0 aliphatic heterocycles. The molecule has 0 bridgehead atoms. The average Bonchev–Trinajstić information content (AvgIpc) is 3.76. The number of hydrogen-bond donors (Lipinski definition) is 3. The van der Waals surface area contributed by atoms with Crippen molar-refractivity contribution < 1.29 is 9.13 Å². The Balaban J connectivity index is 1.21. The molecule has 0 radical (unpaired) electrons. The van der Waals surface area contributed by atoms with Crippen molar-refractivity contribution in [2.24, 2.45) is 5.92 Å². The van der Waals surface area contributed by atoms with Gasteiger partial charge in [0.15, 0.2) is 17.2 Å². The van der Waals surface area contributed by atoms with Gasteiger partial charge in [0.1, 0.15) is 17.1 Å². The van der Waals surface area contributed by atoms with Crippen molar-refractivity contribution in [2.45, 2.75) is 32.2 Å². The standard InChI is InChI=1S/C31H29FN8O/c1-41-23-12-20(11-22(32)13-23)24-8-9-35-30-27(24)37-31(38-30)29-28-26(39-40-29)7-6-25(36-28)21-10-19(16-34-17-21)15-33-14-18-4-2-3-5-18/h6-13,16-18,33H,2-5,14-15H2,1H3,(H,39,40)(H,35,37,38). The van der Waals surface area contributed by atoms with Gasteiger partial charge in [0.25, 0.3) is 0 Å². The molecule has 1 saturated carbocycles. The van der Waals surface area contributed by atoms with Gasteiger partial charge in [-0.25, -0.2) is 19.3 Å². The molecule has 0 atom stereocenters. The monoisotopic (exact) mass is 548 g/mol. The van der Waals surface area contributed by atoms with Crippen LogP contribution in [0, 0.1) is 11.7 Å². The molecule has 7 rings (SSSR count). The van der Waals surface area contributed by atoms with Gasteiger partial charge in [-0.2, -0.15) is 5.10 Å². The molecule has 5 aromatic heterocycles. The average molecular weight is 549 g/mol. The lowest BCUT2D eigenvalue weighted by Crippen LogP contribution is -2.20. The van der Waals surface area contributed by atoms with Crippen molar-refractivity contribution >= 4 is 22.2 Å². The molecule has 0 saturated heterocycles. The van der Waals surface area contributed by atoms with Gasteiger partial charge in [0, 0.05) is 42.3 Å². The number of benzene rings is 1. The summed E-state index contributed by atoms with van der Waals surface area (Å²) in [6.07, 6.45) is 10.7. The number of nitrogens with one attached hydrogen (secondary N) is 3. The van der Waals surface area contributed by atoms with E-state index in [2.05, 4.69) is 36.5 Å².